The van der Waals surface area contributed by atoms with E-state index in [1.54, 1.807) is 24.3 Å². The highest BCUT2D eigenvalue weighted by atomic mass is 32.2. The molecule has 1 unspecified atom stereocenters. The minimum atomic E-state index is -3.34. The SMILES string of the molecule is CCCCCC(C)Nc1ccc(S(=O)(=O)NC)cc1. The van der Waals surface area contributed by atoms with Crippen molar-refractivity contribution in [1.29, 1.82) is 0 Å². The lowest BCUT2D eigenvalue weighted by molar-refractivity contribution is 0.588. The van der Waals surface area contributed by atoms with Gasteiger partial charge in [-0.15, -0.1) is 0 Å². The van der Waals surface area contributed by atoms with Gasteiger partial charge in [-0.25, -0.2) is 13.1 Å². The summed E-state index contributed by atoms with van der Waals surface area (Å²) in [5, 5.41) is 3.38. The van der Waals surface area contributed by atoms with Crippen LogP contribution >= 0.6 is 0 Å². The predicted octanol–water partition coefficient (Wildman–Crippen LogP) is 2.98. The van der Waals surface area contributed by atoms with Crippen LogP contribution in [0.1, 0.15) is 39.5 Å². The number of hydrogen-bond donors (Lipinski definition) is 2. The zero-order valence-electron chi connectivity index (χ0n) is 11.9. The molecule has 0 aliphatic carbocycles. The van der Waals surface area contributed by atoms with Crippen LogP contribution in [0.25, 0.3) is 0 Å². The molecule has 0 radical (unpaired) electrons. The van der Waals surface area contributed by atoms with Crippen LogP contribution in [0.5, 0.6) is 0 Å². The van der Waals surface area contributed by atoms with Gasteiger partial charge in [0.15, 0.2) is 0 Å². The molecule has 0 aliphatic heterocycles. The first-order valence-corrected chi connectivity index (χ1v) is 8.28. The van der Waals surface area contributed by atoms with E-state index < -0.39 is 10.0 Å². The lowest BCUT2D eigenvalue weighted by atomic mass is 10.1. The van der Waals surface area contributed by atoms with Crippen molar-refractivity contribution in [3.05, 3.63) is 24.3 Å². The van der Waals surface area contributed by atoms with E-state index in [0.29, 0.717) is 10.9 Å². The largest absolute Gasteiger partial charge is 0.383 e. The van der Waals surface area contributed by atoms with Gasteiger partial charge in [0.25, 0.3) is 0 Å². The summed E-state index contributed by atoms with van der Waals surface area (Å²) in [6, 6.07) is 7.25. The van der Waals surface area contributed by atoms with Crippen LogP contribution in [-0.2, 0) is 10.0 Å². The molecule has 5 heteroatoms. The van der Waals surface area contributed by atoms with E-state index in [-0.39, 0.29) is 0 Å². The maximum Gasteiger partial charge on any atom is 0.240 e. The average Bonchev–Trinajstić information content (AvgIpc) is 2.39. The molecule has 108 valence electrons. The molecule has 0 bridgehead atoms. The Morgan fingerprint density at radius 3 is 2.32 bits per heavy atom. The fourth-order valence-corrected chi connectivity index (χ4v) is 2.64. The average molecular weight is 284 g/mol. The molecule has 0 fully saturated rings. The molecule has 0 saturated carbocycles. The molecule has 2 N–H and O–H groups in total. The highest BCUT2D eigenvalue weighted by molar-refractivity contribution is 7.89. The van der Waals surface area contributed by atoms with Gasteiger partial charge in [-0.05, 0) is 44.7 Å². The Morgan fingerprint density at radius 2 is 1.79 bits per heavy atom. The van der Waals surface area contributed by atoms with Crippen LogP contribution < -0.4 is 10.0 Å². The zero-order valence-corrected chi connectivity index (χ0v) is 12.8. The maximum atomic E-state index is 11.6. The second-order valence-electron chi connectivity index (χ2n) is 4.77. The van der Waals surface area contributed by atoms with Crippen molar-refractivity contribution in [3.63, 3.8) is 0 Å². The van der Waals surface area contributed by atoms with Gasteiger partial charge in [0.2, 0.25) is 10.0 Å². The highest BCUT2D eigenvalue weighted by Gasteiger charge is 2.10. The van der Waals surface area contributed by atoms with Crippen LogP contribution in [0, 0.1) is 0 Å². The molecule has 0 heterocycles. The molecule has 0 aliphatic rings. The number of benzene rings is 1. The number of hydrogen-bond acceptors (Lipinski definition) is 3. The molecular formula is C14H24N2O2S. The molecule has 1 aromatic rings. The molecule has 19 heavy (non-hydrogen) atoms. The minimum Gasteiger partial charge on any atom is -0.383 e. The molecule has 0 spiro atoms. The van der Waals surface area contributed by atoms with Crippen molar-refractivity contribution in [2.75, 3.05) is 12.4 Å². The van der Waals surface area contributed by atoms with Crippen molar-refractivity contribution in [2.24, 2.45) is 0 Å². The van der Waals surface area contributed by atoms with Crippen LogP contribution in [-0.4, -0.2) is 21.5 Å². The molecule has 0 aromatic heterocycles. The van der Waals surface area contributed by atoms with Gasteiger partial charge in [-0.2, -0.15) is 0 Å². The van der Waals surface area contributed by atoms with Gasteiger partial charge in [0, 0.05) is 11.7 Å². The number of unbranched alkanes of at least 4 members (excludes halogenated alkanes) is 2. The lowest BCUT2D eigenvalue weighted by Gasteiger charge is -2.15. The molecule has 1 rings (SSSR count). The molecule has 1 aromatic carbocycles. The summed E-state index contributed by atoms with van der Waals surface area (Å²) in [4.78, 5) is 0.291. The Labute approximate surface area is 116 Å². The number of sulfonamides is 1. The first-order valence-electron chi connectivity index (χ1n) is 6.79. The molecular weight excluding hydrogens is 260 g/mol. The Kier molecular flexibility index (Phi) is 6.31. The predicted molar refractivity (Wildman–Crippen MR) is 79.9 cm³/mol. The number of nitrogens with one attached hydrogen (secondary N) is 2. The lowest BCUT2D eigenvalue weighted by Crippen LogP contribution is -2.19. The standard InChI is InChI=1S/C14H24N2O2S/c1-4-5-6-7-12(2)16-13-8-10-14(11-9-13)19(17,18)15-3/h8-12,15-16H,4-7H2,1-3H3. The highest BCUT2D eigenvalue weighted by Crippen LogP contribution is 2.16. The van der Waals surface area contributed by atoms with E-state index >= 15 is 0 Å². The van der Waals surface area contributed by atoms with E-state index in [4.69, 9.17) is 0 Å². The quantitative estimate of drug-likeness (QED) is 0.722. The van der Waals surface area contributed by atoms with Crippen molar-refractivity contribution < 1.29 is 8.42 Å². The summed E-state index contributed by atoms with van der Waals surface area (Å²) >= 11 is 0. The van der Waals surface area contributed by atoms with Gasteiger partial charge < -0.3 is 5.32 Å². The Balaban J connectivity index is 2.57. The van der Waals surface area contributed by atoms with E-state index in [9.17, 15) is 8.42 Å². The van der Waals surface area contributed by atoms with E-state index in [1.807, 2.05) is 0 Å². The van der Waals surface area contributed by atoms with Gasteiger partial charge in [-0.1, -0.05) is 26.2 Å². The second-order valence-corrected chi connectivity index (χ2v) is 6.66. The third-order valence-corrected chi connectivity index (χ3v) is 4.52. The van der Waals surface area contributed by atoms with Gasteiger partial charge in [0.1, 0.15) is 0 Å². The maximum absolute atomic E-state index is 11.6. The van der Waals surface area contributed by atoms with Crippen LogP contribution in [0.2, 0.25) is 0 Å². The van der Waals surface area contributed by atoms with Crippen molar-refractivity contribution in [2.45, 2.75) is 50.5 Å². The summed E-state index contributed by atoms with van der Waals surface area (Å²) in [5.74, 6) is 0. The summed E-state index contributed by atoms with van der Waals surface area (Å²) in [7, 11) is -1.92. The van der Waals surface area contributed by atoms with E-state index in [1.165, 1.54) is 26.3 Å². The normalized spacial score (nSPS) is 13.2. The summed E-state index contributed by atoms with van der Waals surface area (Å²) in [6.07, 6.45) is 4.83. The van der Waals surface area contributed by atoms with Crippen LogP contribution in [0.15, 0.2) is 29.2 Å². The summed E-state index contributed by atoms with van der Waals surface area (Å²) in [5.41, 5.74) is 0.957. The Hall–Kier alpha value is -1.07. The second kappa shape index (κ2) is 7.50. The van der Waals surface area contributed by atoms with E-state index in [0.717, 1.165) is 12.1 Å². The zero-order chi connectivity index (χ0) is 14.3. The fourth-order valence-electron chi connectivity index (χ4n) is 1.91. The van der Waals surface area contributed by atoms with Crippen LogP contribution in [0.3, 0.4) is 0 Å². The fraction of sp³-hybridized carbons (Fsp3) is 0.571. The number of rotatable bonds is 8. The third kappa shape index (κ3) is 5.20. The van der Waals surface area contributed by atoms with Crippen molar-refractivity contribution >= 4 is 15.7 Å². The van der Waals surface area contributed by atoms with Gasteiger partial charge in [-0.3, -0.25) is 0 Å². The van der Waals surface area contributed by atoms with Gasteiger partial charge >= 0.3 is 0 Å². The summed E-state index contributed by atoms with van der Waals surface area (Å²) < 4.78 is 25.5. The minimum absolute atomic E-state index is 0.291. The summed E-state index contributed by atoms with van der Waals surface area (Å²) in [6.45, 7) is 4.34. The third-order valence-electron chi connectivity index (χ3n) is 3.09. The van der Waals surface area contributed by atoms with Crippen molar-refractivity contribution in [1.82, 2.24) is 4.72 Å². The van der Waals surface area contributed by atoms with E-state index in [2.05, 4.69) is 23.9 Å². The topological polar surface area (TPSA) is 58.2 Å². The molecule has 0 saturated heterocycles. The van der Waals surface area contributed by atoms with Crippen LogP contribution in [0.4, 0.5) is 5.69 Å². The smallest absolute Gasteiger partial charge is 0.240 e. The van der Waals surface area contributed by atoms with Crippen molar-refractivity contribution in [3.8, 4) is 0 Å². The molecule has 4 nitrogen and oxygen atoms in total. The first kappa shape index (κ1) is 16.0. The molecule has 1 atom stereocenters. The Morgan fingerprint density at radius 1 is 1.16 bits per heavy atom. The Bertz CT molecular complexity index is 469. The first-order chi connectivity index (χ1) is 8.99. The van der Waals surface area contributed by atoms with Gasteiger partial charge in [0.05, 0.1) is 4.90 Å². The molecule has 0 amide bonds. The monoisotopic (exact) mass is 284 g/mol. The number of anilines is 1.